The lowest BCUT2D eigenvalue weighted by atomic mass is 10.1. The monoisotopic (exact) mass is 200 g/mol. The smallest absolute Gasteiger partial charge is 0.202 e. The van der Waals surface area contributed by atoms with Crippen LogP contribution in [0.2, 0.25) is 0 Å². The van der Waals surface area contributed by atoms with Gasteiger partial charge in [-0.05, 0) is 26.3 Å². The van der Waals surface area contributed by atoms with Crippen molar-refractivity contribution in [3.8, 4) is 0 Å². The minimum Gasteiger partial charge on any atom is -0.479 e. The van der Waals surface area contributed by atoms with Crippen LogP contribution >= 0.6 is 11.6 Å². The van der Waals surface area contributed by atoms with Crippen molar-refractivity contribution in [3.05, 3.63) is 23.5 Å². The van der Waals surface area contributed by atoms with Crippen LogP contribution in [0.1, 0.15) is 20.8 Å². The molecule has 0 atom stereocenters. The quantitative estimate of drug-likeness (QED) is 0.640. The molecule has 3 heteroatoms. The third-order valence-corrected chi connectivity index (χ3v) is 2.15. The van der Waals surface area contributed by atoms with Gasteiger partial charge in [0.05, 0.1) is 0 Å². The molecule has 0 aromatic rings. The van der Waals surface area contributed by atoms with E-state index in [0.717, 1.165) is 5.57 Å². The van der Waals surface area contributed by atoms with Crippen LogP contribution in [0.4, 0.5) is 0 Å². The number of ketones is 1. The molecule has 1 heterocycles. The van der Waals surface area contributed by atoms with Gasteiger partial charge in [-0.25, -0.2) is 0 Å². The Morgan fingerprint density at radius 2 is 2.31 bits per heavy atom. The van der Waals surface area contributed by atoms with Crippen molar-refractivity contribution in [2.45, 2.75) is 26.4 Å². The highest BCUT2D eigenvalue weighted by Crippen LogP contribution is 2.28. The molecule has 0 aromatic carbocycles. The molecule has 0 radical (unpaired) electrons. The highest BCUT2D eigenvalue weighted by molar-refractivity contribution is 6.19. The van der Waals surface area contributed by atoms with Crippen LogP contribution in [0.25, 0.3) is 0 Å². The molecule has 1 aliphatic heterocycles. The van der Waals surface area contributed by atoms with Crippen molar-refractivity contribution in [2.75, 3.05) is 5.88 Å². The molecule has 0 unspecified atom stereocenters. The van der Waals surface area contributed by atoms with Crippen molar-refractivity contribution >= 4 is 17.4 Å². The van der Waals surface area contributed by atoms with Crippen LogP contribution in [-0.2, 0) is 9.53 Å². The van der Waals surface area contributed by atoms with Gasteiger partial charge >= 0.3 is 0 Å². The Morgan fingerprint density at radius 1 is 1.69 bits per heavy atom. The molecule has 1 rings (SSSR count). The van der Waals surface area contributed by atoms with Gasteiger partial charge in [-0.2, -0.15) is 0 Å². The number of carbonyl (C=O) groups is 1. The molecule has 0 aliphatic carbocycles. The lowest BCUT2D eigenvalue weighted by Crippen LogP contribution is -2.27. The summed E-state index contributed by atoms with van der Waals surface area (Å²) in [5.41, 5.74) is 0.199. The molecule has 13 heavy (non-hydrogen) atoms. The van der Waals surface area contributed by atoms with E-state index < -0.39 is 5.60 Å². The number of alkyl halides is 1. The van der Waals surface area contributed by atoms with E-state index in [1.54, 1.807) is 13.8 Å². The van der Waals surface area contributed by atoms with Gasteiger partial charge in [0.25, 0.3) is 0 Å². The first kappa shape index (κ1) is 10.3. The zero-order valence-electron chi connectivity index (χ0n) is 8.06. The predicted molar refractivity (Wildman–Crippen MR) is 52.7 cm³/mol. The Labute approximate surface area is 83.2 Å². The molecular formula is C10H13ClO2. The van der Waals surface area contributed by atoms with Gasteiger partial charge in [0.2, 0.25) is 5.78 Å². The summed E-state index contributed by atoms with van der Waals surface area (Å²) in [6, 6.07) is 0. The zero-order chi connectivity index (χ0) is 10.1. The normalized spacial score (nSPS) is 21.4. The van der Waals surface area contributed by atoms with E-state index >= 15 is 0 Å². The van der Waals surface area contributed by atoms with Crippen molar-refractivity contribution in [2.24, 2.45) is 0 Å². The van der Waals surface area contributed by atoms with Gasteiger partial charge in [0, 0.05) is 12.0 Å². The van der Waals surface area contributed by atoms with Crippen molar-refractivity contribution < 1.29 is 9.53 Å². The molecule has 1 aliphatic rings. The molecule has 0 spiro atoms. The number of carbonyl (C=O) groups excluding carboxylic acids is 1. The van der Waals surface area contributed by atoms with Crippen LogP contribution in [0.15, 0.2) is 23.5 Å². The maximum absolute atomic E-state index is 11.4. The van der Waals surface area contributed by atoms with Gasteiger partial charge in [-0.15, -0.1) is 11.6 Å². The van der Waals surface area contributed by atoms with Crippen LogP contribution in [0, 0.1) is 0 Å². The SMILES string of the molecule is C/C(=C\CCl)C1=CC(=O)C(C)(C)O1. The highest BCUT2D eigenvalue weighted by atomic mass is 35.5. The molecule has 0 N–H and O–H groups in total. The number of rotatable bonds is 2. The Bertz CT molecular complexity index is 287. The second-order valence-electron chi connectivity index (χ2n) is 3.53. The fraction of sp³-hybridized carbons (Fsp3) is 0.500. The van der Waals surface area contributed by atoms with E-state index in [0.29, 0.717) is 11.6 Å². The Balaban J connectivity index is 2.83. The molecule has 72 valence electrons. The molecule has 2 nitrogen and oxygen atoms in total. The van der Waals surface area contributed by atoms with Gasteiger partial charge in [0.15, 0.2) is 5.60 Å². The van der Waals surface area contributed by atoms with Crippen molar-refractivity contribution in [3.63, 3.8) is 0 Å². The average molecular weight is 201 g/mol. The topological polar surface area (TPSA) is 26.3 Å². The summed E-state index contributed by atoms with van der Waals surface area (Å²) in [7, 11) is 0. The number of hydrogen-bond acceptors (Lipinski definition) is 2. The van der Waals surface area contributed by atoms with Gasteiger partial charge in [-0.3, -0.25) is 4.79 Å². The standard InChI is InChI=1S/C10H13ClO2/c1-7(4-5-11)8-6-9(12)10(2,3)13-8/h4,6H,5H2,1-3H3/b7-4+. The molecule has 0 saturated carbocycles. The summed E-state index contributed by atoms with van der Waals surface area (Å²) in [4.78, 5) is 11.4. The van der Waals surface area contributed by atoms with Crippen molar-refractivity contribution in [1.29, 1.82) is 0 Å². The van der Waals surface area contributed by atoms with E-state index in [1.807, 2.05) is 13.0 Å². The average Bonchev–Trinajstić information content (AvgIpc) is 2.27. The zero-order valence-corrected chi connectivity index (χ0v) is 8.81. The fourth-order valence-electron chi connectivity index (χ4n) is 1.06. The highest BCUT2D eigenvalue weighted by Gasteiger charge is 2.35. The van der Waals surface area contributed by atoms with Crippen LogP contribution in [0.5, 0.6) is 0 Å². The molecule has 0 amide bonds. The van der Waals surface area contributed by atoms with Gasteiger partial charge < -0.3 is 4.74 Å². The number of hydrogen-bond donors (Lipinski definition) is 0. The molecule has 0 aromatic heterocycles. The van der Waals surface area contributed by atoms with Crippen LogP contribution in [0.3, 0.4) is 0 Å². The number of ether oxygens (including phenoxy) is 1. The minimum absolute atomic E-state index is 0.00447. The first-order valence-electron chi connectivity index (χ1n) is 4.15. The second-order valence-corrected chi connectivity index (χ2v) is 3.84. The third-order valence-electron chi connectivity index (χ3n) is 1.99. The van der Waals surface area contributed by atoms with Crippen molar-refractivity contribution in [1.82, 2.24) is 0 Å². The Hall–Kier alpha value is -0.760. The van der Waals surface area contributed by atoms with E-state index in [-0.39, 0.29) is 5.78 Å². The van der Waals surface area contributed by atoms with E-state index in [4.69, 9.17) is 16.3 Å². The summed E-state index contributed by atoms with van der Waals surface area (Å²) < 4.78 is 5.46. The minimum atomic E-state index is -0.712. The maximum atomic E-state index is 11.4. The van der Waals surface area contributed by atoms with Crippen LogP contribution in [-0.4, -0.2) is 17.3 Å². The number of halogens is 1. The summed E-state index contributed by atoms with van der Waals surface area (Å²) >= 11 is 5.54. The molecular weight excluding hydrogens is 188 g/mol. The Morgan fingerprint density at radius 3 is 2.69 bits per heavy atom. The summed E-state index contributed by atoms with van der Waals surface area (Å²) in [6.45, 7) is 5.39. The summed E-state index contributed by atoms with van der Waals surface area (Å²) in [5, 5.41) is 0. The van der Waals surface area contributed by atoms with Gasteiger partial charge in [0.1, 0.15) is 5.76 Å². The van der Waals surface area contributed by atoms with Crippen LogP contribution < -0.4 is 0 Å². The van der Waals surface area contributed by atoms with E-state index in [1.165, 1.54) is 6.08 Å². The predicted octanol–water partition coefficient (Wildman–Crippen LogP) is 2.43. The maximum Gasteiger partial charge on any atom is 0.202 e. The van der Waals surface area contributed by atoms with Gasteiger partial charge in [-0.1, -0.05) is 6.08 Å². The lowest BCUT2D eigenvalue weighted by molar-refractivity contribution is -0.126. The molecule has 0 fully saturated rings. The second kappa shape index (κ2) is 3.54. The Kier molecular flexibility index (Phi) is 2.81. The first-order chi connectivity index (χ1) is 5.97. The van der Waals surface area contributed by atoms with E-state index in [9.17, 15) is 4.79 Å². The fourth-order valence-corrected chi connectivity index (χ4v) is 1.29. The summed E-state index contributed by atoms with van der Waals surface area (Å²) in [6.07, 6.45) is 3.35. The molecule has 0 bridgehead atoms. The lowest BCUT2D eigenvalue weighted by Gasteiger charge is -2.18. The van der Waals surface area contributed by atoms with E-state index in [2.05, 4.69) is 0 Å². The number of allylic oxidation sites excluding steroid dienone is 2. The first-order valence-corrected chi connectivity index (χ1v) is 4.69. The summed E-state index contributed by atoms with van der Waals surface area (Å²) in [5.74, 6) is 1.07. The largest absolute Gasteiger partial charge is 0.479 e. The molecule has 0 saturated heterocycles. The third kappa shape index (κ3) is 2.13.